The van der Waals surface area contributed by atoms with Crippen LogP contribution < -0.4 is 0 Å². The minimum atomic E-state index is 0.764. The Bertz CT molecular complexity index is 584. The van der Waals surface area contributed by atoms with E-state index in [1.807, 2.05) is 60.7 Å². The lowest BCUT2D eigenvalue weighted by Crippen LogP contribution is -1.92. The fourth-order valence-electron chi connectivity index (χ4n) is 1.46. The lowest BCUT2D eigenvalue weighted by atomic mass is 10.4. The summed E-state index contributed by atoms with van der Waals surface area (Å²) in [6, 6.07) is 20.1. The van der Waals surface area contributed by atoms with Gasteiger partial charge in [0.05, 0.1) is 0 Å². The maximum absolute atomic E-state index is 4.05. The first kappa shape index (κ1) is 12.3. The summed E-state index contributed by atoms with van der Waals surface area (Å²) in [5.41, 5.74) is 0. The van der Waals surface area contributed by atoms with Crippen LogP contribution in [0.4, 0.5) is 0 Å². The van der Waals surface area contributed by atoms with E-state index < -0.39 is 0 Å². The molecule has 3 aromatic rings. The van der Waals surface area contributed by atoms with E-state index in [9.17, 15) is 0 Å². The van der Waals surface area contributed by atoms with Gasteiger partial charge in [-0.2, -0.15) is 4.09 Å². The molecule has 3 rings (SSSR count). The molecule has 1 heterocycles. The van der Waals surface area contributed by atoms with Crippen molar-refractivity contribution in [3.05, 3.63) is 60.7 Å². The summed E-state index contributed by atoms with van der Waals surface area (Å²) in [4.78, 5) is 2.22. The fourth-order valence-corrected chi connectivity index (χ4v) is 3.04. The minimum absolute atomic E-state index is 0.764. The van der Waals surface area contributed by atoms with E-state index in [4.69, 9.17) is 0 Å². The number of nitrogens with zero attached hydrogens (tertiary/aromatic N) is 4. The van der Waals surface area contributed by atoms with Gasteiger partial charge in [-0.15, -0.1) is 5.10 Å². The van der Waals surface area contributed by atoms with Gasteiger partial charge >= 0.3 is 0 Å². The molecule has 2 aromatic carbocycles. The number of hydrogen-bond donors (Lipinski definition) is 0. The number of hydrogen-bond acceptors (Lipinski definition) is 5. The summed E-state index contributed by atoms with van der Waals surface area (Å²) < 4.78 is 1.73. The molecule has 1 aromatic heterocycles. The number of aromatic nitrogens is 4. The van der Waals surface area contributed by atoms with Gasteiger partial charge in [-0.25, -0.2) is 0 Å². The summed E-state index contributed by atoms with van der Waals surface area (Å²) >= 11 is 3.05. The Labute approximate surface area is 119 Å². The monoisotopic (exact) mass is 286 g/mol. The van der Waals surface area contributed by atoms with E-state index in [1.54, 1.807) is 15.8 Å². The van der Waals surface area contributed by atoms with Crippen molar-refractivity contribution in [3.8, 4) is 0 Å². The molecule has 0 bridgehead atoms. The van der Waals surface area contributed by atoms with Gasteiger partial charge < -0.3 is 0 Å². The van der Waals surface area contributed by atoms with Crippen LogP contribution in [0.25, 0.3) is 0 Å². The molecule has 0 aliphatic rings. The molecular weight excluding hydrogens is 276 g/mol. The van der Waals surface area contributed by atoms with Crippen LogP contribution in [0.5, 0.6) is 0 Å². The topological polar surface area (TPSA) is 43.6 Å². The molecular formula is C13H10N4S2. The second-order valence-electron chi connectivity index (χ2n) is 3.65. The largest absolute Gasteiger partial charge is 0.225 e. The average molecular weight is 286 g/mol. The van der Waals surface area contributed by atoms with Gasteiger partial charge in [-0.3, -0.25) is 0 Å². The van der Waals surface area contributed by atoms with Crippen molar-refractivity contribution in [2.24, 2.45) is 0 Å². The second-order valence-corrected chi connectivity index (χ2v) is 5.69. The van der Waals surface area contributed by atoms with Crippen molar-refractivity contribution in [2.75, 3.05) is 0 Å². The Morgan fingerprint density at radius 2 is 1.42 bits per heavy atom. The van der Waals surface area contributed by atoms with Crippen LogP contribution in [0.2, 0.25) is 0 Å². The quantitative estimate of drug-likeness (QED) is 0.735. The highest BCUT2D eigenvalue weighted by molar-refractivity contribution is 8.01. The van der Waals surface area contributed by atoms with Crippen molar-refractivity contribution < 1.29 is 0 Å². The number of tetrazole rings is 1. The van der Waals surface area contributed by atoms with Gasteiger partial charge in [0, 0.05) is 21.7 Å². The third kappa shape index (κ3) is 3.15. The fraction of sp³-hybridized carbons (Fsp3) is 0. The first-order chi connectivity index (χ1) is 9.42. The highest BCUT2D eigenvalue weighted by atomic mass is 32.2. The molecule has 19 heavy (non-hydrogen) atoms. The molecule has 0 fully saturated rings. The van der Waals surface area contributed by atoms with Crippen LogP contribution in [0.3, 0.4) is 0 Å². The van der Waals surface area contributed by atoms with Gasteiger partial charge in [0.15, 0.2) is 0 Å². The van der Waals surface area contributed by atoms with E-state index in [0.29, 0.717) is 0 Å². The summed E-state index contributed by atoms with van der Waals surface area (Å²) in [5, 5.41) is 12.6. The first-order valence-corrected chi connectivity index (χ1v) is 7.25. The molecule has 0 amide bonds. The van der Waals surface area contributed by atoms with Gasteiger partial charge in [0.2, 0.25) is 5.16 Å². The molecule has 6 heteroatoms. The number of benzene rings is 2. The highest BCUT2D eigenvalue weighted by Crippen LogP contribution is 2.29. The van der Waals surface area contributed by atoms with Crippen molar-refractivity contribution in [3.63, 3.8) is 0 Å². The van der Waals surface area contributed by atoms with E-state index in [2.05, 4.69) is 15.5 Å². The van der Waals surface area contributed by atoms with Crippen LogP contribution in [0, 0.1) is 0 Å². The molecule has 0 aliphatic carbocycles. The SMILES string of the molecule is c1ccc(Sc2nnnn2Sc2ccccc2)cc1. The molecule has 0 saturated carbocycles. The Kier molecular flexibility index (Phi) is 3.81. The standard InChI is InChI=1S/C13H10N4S2/c1-3-7-11(8-4-1)18-13-14-15-16-17(13)19-12-9-5-2-6-10-12/h1-10H. The minimum Gasteiger partial charge on any atom is -0.154 e. The molecule has 0 N–H and O–H groups in total. The van der Waals surface area contributed by atoms with E-state index >= 15 is 0 Å². The van der Waals surface area contributed by atoms with Crippen molar-refractivity contribution >= 4 is 23.7 Å². The highest BCUT2D eigenvalue weighted by Gasteiger charge is 2.09. The van der Waals surface area contributed by atoms with Gasteiger partial charge in [0.25, 0.3) is 0 Å². The zero-order valence-electron chi connectivity index (χ0n) is 9.88. The lowest BCUT2D eigenvalue weighted by molar-refractivity contribution is 0.844. The maximum atomic E-state index is 4.05. The molecule has 4 nitrogen and oxygen atoms in total. The smallest absolute Gasteiger partial charge is 0.154 e. The molecule has 0 unspecified atom stereocenters. The van der Waals surface area contributed by atoms with Gasteiger partial charge in [-0.05, 0) is 46.5 Å². The Hall–Kier alpha value is -1.79. The van der Waals surface area contributed by atoms with Crippen LogP contribution in [-0.4, -0.2) is 19.6 Å². The van der Waals surface area contributed by atoms with Crippen molar-refractivity contribution in [2.45, 2.75) is 14.9 Å². The van der Waals surface area contributed by atoms with Crippen molar-refractivity contribution in [1.82, 2.24) is 19.6 Å². The second kappa shape index (κ2) is 5.90. The summed E-state index contributed by atoms with van der Waals surface area (Å²) in [6.07, 6.45) is 0. The van der Waals surface area contributed by atoms with Crippen LogP contribution in [0.15, 0.2) is 75.6 Å². The van der Waals surface area contributed by atoms with Crippen LogP contribution in [0.1, 0.15) is 0 Å². The van der Waals surface area contributed by atoms with Gasteiger partial charge in [-0.1, -0.05) is 36.4 Å². The zero-order valence-corrected chi connectivity index (χ0v) is 11.5. The van der Waals surface area contributed by atoms with E-state index in [0.717, 1.165) is 14.9 Å². The molecule has 0 atom stereocenters. The lowest BCUT2D eigenvalue weighted by Gasteiger charge is -2.02. The molecule has 94 valence electrons. The van der Waals surface area contributed by atoms with Crippen LogP contribution >= 0.6 is 23.7 Å². The van der Waals surface area contributed by atoms with Crippen molar-refractivity contribution in [1.29, 1.82) is 0 Å². The third-order valence-electron chi connectivity index (χ3n) is 2.30. The maximum Gasteiger partial charge on any atom is 0.225 e. The summed E-state index contributed by atoms with van der Waals surface area (Å²) in [6.45, 7) is 0. The molecule has 0 saturated heterocycles. The normalized spacial score (nSPS) is 10.5. The Morgan fingerprint density at radius 3 is 2.11 bits per heavy atom. The molecule has 0 radical (unpaired) electrons. The van der Waals surface area contributed by atoms with E-state index in [-0.39, 0.29) is 0 Å². The summed E-state index contributed by atoms with van der Waals surface area (Å²) in [7, 11) is 0. The predicted octanol–water partition coefficient (Wildman–Crippen LogP) is 3.38. The van der Waals surface area contributed by atoms with Gasteiger partial charge in [0.1, 0.15) is 0 Å². The van der Waals surface area contributed by atoms with Crippen LogP contribution in [-0.2, 0) is 0 Å². The predicted molar refractivity (Wildman–Crippen MR) is 76.1 cm³/mol. The molecule has 0 aliphatic heterocycles. The Morgan fingerprint density at radius 1 is 0.789 bits per heavy atom. The average Bonchev–Trinajstić information content (AvgIpc) is 2.88. The Balaban J connectivity index is 1.79. The third-order valence-corrected chi connectivity index (χ3v) is 4.27. The summed E-state index contributed by atoms with van der Waals surface area (Å²) in [5.74, 6) is 0. The zero-order chi connectivity index (χ0) is 12.9. The molecule has 0 spiro atoms. The number of rotatable bonds is 4. The van der Waals surface area contributed by atoms with E-state index in [1.165, 1.54) is 11.9 Å². The first-order valence-electron chi connectivity index (χ1n) is 5.66.